The van der Waals surface area contributed by atoms with Crippen LogP contribution in [0.1, 0.15) is 21.5 Å². The molecular weight excluding hydrogens is 440 g/mol. The van der Waals surface area contributed by atoms with Crippen molar-refractivity contribution in [1.29, 1.82) is 0 Å². The fourth-order valence-corrected chi connectivity index (χ4v) is 4.64. The minimum Gasteiger partial charge on any atom is -0.465 e. The Morgan fingerprint density at radius 2 is 1.48 bits per heavy atom. The van der Waals surface area contributed by atoms with Crippen molar-refractivity contribution in [2.75, 3.05) is 25.0 Å². The van der Waals surface area contributed by atoms with Gasteiger partial charge in [-0.2, -0.15) is 0 Å². The van der Waals surface area contributed by atoms with Crippen molar-refractivity contribution < 1.29 is 22.7 Å². The van der Waals surface area contributed by atoms with Crippen LogP contribution in [0.15, 0.2) is 83.8 Å². The van der Waals surface area contributed by atoms with Crippen LogP contribution in [0.5, 0.6) is 0 Å². The quantitative estimate of drug-likeness (QED) is 0.474. The molecule has 0 aliphatic carbocycles. The maximum Gasteiger partial charge on any atom is 0.337 e. The van der Waals surface area contributed by atoms with Crippen molar-refractivity contribution in [2.45, 2.75) is 18.4 Å². The fourth-order valence-electron chi connectivity index (χ4n) is 3.22. The zero-order chi connectivity index (χ0) is 24.0. The van der Waals surface area contributed by atoms with Crippen molar-refractivity contribution in [3.05, 3.63) is 95.6 Å². The highest BCUT2D eigenvalue weighted by molar-refractivity contribution is 7.92. The van der Waals surface area contributed by atoms with E-state index in [1.807, 2.05) is 37.3 Å². The lowest BCUT2D eigenvalue weighted by atomic mass is 10.2. The summed E-state index contributed by atoms with van der Waals surface area (Å²) in [5, 5.41) is 0. The average molecular weight is 467 g/mol. The lowest BCUT2D eigenvalue weighted by Gasteiger charge is -2.27. The summed E-state index contributed by atoms with van der Waals surface area (Å²) in [6, 6.07) is 21.8. The van der Waals surface area contributed by atoms with Crippen LogP contribution < -0.4 is 4.31 Å². The normalized spacial score (nSPS) is 11.0. The maximum absolute atomic E-state index is 13.5. The molecule has 0 N–H and O–H groups in total. The summed E-state index contributed by atoms with van der Waals surface area (Å²) in [6.45, 7) is 1.82. The number of amides is 1. The minimum absolute atomic E-state index is 0.0728. The molecule has 3 aromatic rings. The Kier molecular flexibility index (Phi) is 7.50. The number of benzene rings is 3. The summed E-state index contributed by atoms with van der Waals surface area (Å²) in [7, 11) is -1.14. The molecule has 3 aromatic carbocycles. The van der Waals surface area contributed by atoms with Crippen LogP contribution >= 0.6 is 0 Å². The molecule has 8 heteroatoms. The first-order valence-electron chi connectivity index (χ1n) is 10.3. The number of hydrogen-bond donors (Lipinski definition) is 0. The Bertz CT molecular complexity index is 1210. The highest BCUT2D eigenvalue weighted by Gasteiger charge is 2.28. The molecule has 0 spiro atoms. The lowest BCUT2D eigenvalue weighted by Crippen LogP contribution is -2.41. The number of nitrogens with zero attached hydrogens (tertiary/aromatic N) is 2. The molecule has 0 radical (unpaired) electrons. The van der Waals surface area contributed by atoms with E-state index in [4.69, 9.17) is 4.74 Å². The molecule has 1 amide bonds. The Hall–Kier alpha value is -3.65. The number of hydrogen-bond acceptors (Lipinski definition) is 5. The lowest BCUT2D eigenvalue weighted by molar-refractivity contribution is -0.128. The maximum atomic E-state index is 13.5. The summed E-state index contributed by atoms with van der Waals surface area (Å²) >= 11 is 0. The SMILES string of the molecule is COC(=O)c1ccc(N(CC(=O)N(C)Cc2ccccc2)S(=O)(=O)c2ccc(C)cc2)cc1. The third-order valence-corrected chi connectivity index (χ3v) is 6.94. The largest absolute Gasteiger partial charge is 0.465 e. The molecule has 0 unspecified atom stereocenters. The van der Waals surface area contributed by atoms with Crippen molar-refractivity contribution in [1.82, 2.24) is 4.90 Å². The topological polar surface area (TPSA) is 84.0 Å². The molecular formula is C25H26N2O5S. The standard InChI is InChI=1S/C25H26N2O5S/c1-19-9-15-23(16-10-19)33(30,31)27(22-13-11-21(12-14-22)25(29)32-3)18-24(28)26(2)17-20-7-5-4-6-8-20/h4-16H,17-18H2,1-3H3. The molecule has 33 heavy (non-hydrogen) atoms. The van der Waals surface area contributed by atoms with Crippen molar-refractivity contribution in [2.24, 2.45) is 0 Å². The third-order valence-electron chi connectivity index (χ3n) is 5.15. The number of methoxy groups -OCH3 is 1. The van der Waals surface area contributed by atoms with Gasteiger partial charge < -0.3 is 9.64 Å². The fraction of sp³-hybridized carbons (Fsp3) is 0.200. The van der Waals surface area contributed by atoms with Gasteiger partial charge in [0.1, 0.15) is 6.54 Å². The number of carbonyl (C=O) groups is 2. The zero-order valence-corrected chi connectivity index (χ0v) is 19.6. The minimum atomic E-state index is -4.04. The van der Waals surface area contributed by atoms with Gasteiger partial charge >= 0.3 is 5.97 Å². The molecule has 3 rings (SSSR count). The second kappa shape index (κ2) is 10.3. The van der Waals surface area contributed by atoms with Gasteiger partial charge in [0.05, 0.1) is 23.3 Å². The molecule has 0 heterocycles. The van der Waals surface area contributed by atoms with Gasteiger partial charge in [-0.25, -0.2) is 13.2 Å². The zero-order valence-electron chi connectivity index (χ0n) is 18.8. The number of rotatable bonds is 8. The number of likely N-dealkylation sites (N-methyl/N-ethyl adjacent to an activating group) is 1. The van der Waals surface area contributed by atoms with E-state index >= 15 is 0 Å². The average Bonchev–Trinajstić information content (AvgIpc) is 2.82. The van der Waals surface area contributed by atoms with E-state index in [1.54, 1.807) is 19.2 Å². The van der Waals surface area contributed by atoms with Crippen LogP contribution in [0, 0.1) is 6.92 Å². The second-order valence-electron chi connectivity index (χ2n) is 7.60. The van der Waals surface area contributed by atoms with Crippen molar-refractivity contribution in [3.63, 3.8) is 0 Å². The van der Waals surface area contributed by atoms with Crippen LogP contribution in [-0.2, 0) is 26.1 Å². The van der Waals surface area contributed by atoms with E-state index in [9.17, 15) is 18.0 Å². The molecule has 0 atom stereocenters. The van der Waals surface area contributed by atoms with Crippen LogP contribution in [0.2, 0.25) is 0 Å². The van der Waals surface area contributed by atoms with E-state index in [0.29, 0.717) is 6.54 Å². The highest BCUT2D eigenvalue weighted by Crippen LogP contribution is 2.25. The monoisotopic (exact) mass is 466 g/mol. The first kappa shape index (κ1) is 24.0. The summed E-state index contributed by atoms with van der Waals surface area (Å²) in [4.78, 5) is 26.4. The third kappa shape index (κ3) is 5.78. The molecule has 7 nitrogen and oxygen atoms in total. The summed E-state index contributed by atoms with van der Waals surface area (Å²) in [5.41, 5.74) is 2.40. The van der Waals surface area contributed by atoms with Gasteiger partial charge in [0, 0.05) is 13.6 Å². The van der Waals surface area contributed by atoms with E-state index < -0.39 is 22.5 Å². The van der Waals surface area contributed by atoms with E-state index in [2.05, 4.69) is 0 Å². The molecule has 0 aliphatic heterocycles. The summed E-state index contributed by atoms with van der Waals surface area (Å²) < 4.78 is 32.8. The first-order chi connectivity index (χ1) is 15.7. The van der Waals surface area contributed by atoms with Gasteiger partial charge in [-0.3, -0.25) is 9.10 Å². The Morgan fingerprint density at radius 1 is 0.879 bits per heavy atom. The van der Waals surface area contributed by atoms with Crippen LogP contribution in [0.25, 0.3) is 0 Å². The molecule has 0 fully saturated rings. The highest BCUT2D eigenvalue weighted by atomic mass is 32.2. The predicted molar refractivity (Wildman–Crippen MR) is 126 cm³/mol. The smallest absolute Gasteiger partial charge is 0.337 e. The molecule has 172 valence electrons. The molecule has 0 saturated heterocycles. The van der Waals surface area contributed by atoms with Crippen molar-refractivity contribution >= 4 is 27.6 Å². The number of ether oxygens (including phenoxy) is 1. The second-order valence-corrected chi connectivity index (χ2v) is 9.46. The Morgan fingerprint density at radius 3 is 2.06 bits per heavy atom. The first-order valence-corrected chi connectivity index (χ1v) is 11.7. The number of esters is 1. The predicted octanol–water partition coefficient (Wildman–Crippen LogP) is 3.64. The number of anilines is 1. The molecule has 0 saturated carbocycles. The molecule has 0 aliphatic rings. The molecule has 0 aromatic heterocycles. The number of aryl methyl sites for hydroxylation is 1. The van der Waals surface area contributed by atoms with Crippen LogP contribution in [-0.4, -0.2) is 45.9 Å². The van der Waals surface area contributed by atoms with Gasteiger partial charge in [0.2, 0.25) is 5.91 Å². The van der Waals surface area contributed by atoms with Crippen molar-refractivity contribution in [3.8, 4) is 0 Å². The summed E-state index contributed by atoms with van der Waals surface area (Å²) in [6.07, 6.45) is 0. The Balaban J connectivity index is 1.93. The van der Waals surface area contributed by atoms with Gasteiger partial charge in [0.25, 0.3) is 10.0 Å². The molecule has 0 bridgehead atoms. The van der Waals surface area contributed by atoms with Gasteiger partial charge in [0.15, 0.2) is 0 Å². The van der Waals surface area contributed by atoms with Gasteiger partial charge in [-0.1, -0.05) is 48.0 Å². The Labute approximate surface area is 194 Å². The number of carbonyl (C=O) groups excluding carboxylic acids is 2. The number of sulfonamides is 1. The van der Waals surface area contributed by atoms with E-state index in [0.717, 1.165) is 15.4 Å². The van der Waals surface area contributed by atoms with Gasteiger partial charge in [-0.15, -0.1) is 0 Å². The van der Waals surface area contributed by atoms with Crippen LogP contribution in [0.4, 0.5) is 5.69 Å². The van der Waals surface area contributed by atoms with E-state index in [1.165, 1.54) is 48.4 Å². The van der Waals surface area contributed by atoms with Crippen LogP contribution in [0.3, 0.4) is 0 Å². The summed E-state index contributed by atoms with van der Waals surface area (Å²) in [5.74, 6) is -0.903. The van der Waals surface area contributed by atoms with E-state index in [-0.39, 0.29) is 22.1 Å². The van der Waals surface area contributed by atoms with Gasteiger partial charge in [-0.05, 0) is 48.9 Å².